The number of halogens is 1. The molecule has 1 fully saturated rings. The number of non-ortho nitro benzene ring substituents is 1. The molecule has 154 valence electrons. The number of furan rings is 1. The molecule has 8 nitrogen and oxygen atoms in total. The van der Waals surface area contributed by atoms with Crippen molar-refractivity contribution in [2.45, 2.75) is 0 Å². The molecule has 2 amide bonds. The van der Waals surface area contributed by atoms with Gasteiger partial charge in [0.05, 0.1) is 10.6 Å². The van der Waals surface area contributed by atoms with E-state index >= 15 is 0 Å². The van der Waals surface area contributed by atoms with Gasteiger partial charge in [-0.05, 0) is 42.6 Å². The molecule has 0 saturated carbocycles. The van der Waals surface area contributed by atoms with Gasteiger partial charge in [-0.25, -0.2) is 9.29 Å². The minimum Gasteiger partial charge on any atom is -0.457 e. The summed E-state index contributed by atoms with van der Waals surface area (Å²) in [5.41, 5.74) is -0.0611. The molecule has 31 heavy (non-hydrogen) atoms. The molecule has 1 aliphatic rings. The van der Waals surface area contributed by atoms with Crippen LogP contribution in [0.4, 0.5) is 15.8 Å². The Hall–Kier alpha value is -4.18. The second-order valence-corrected chi connectivity index (χ2v) is 6.81. The van der Waals surface area contributed by atoms with E-state index in [1.807, 2.05) is 0 Å². The van der Waals surface area contributed by atoms with E-state index in [9.17, 15) is 24.1 Å². The van der Waals surface area contributed by atoms with Gasteiger partial charge >= 0.3 is 0 Å². The SMILES string of the molecule is O=C1NC(=S)N(c2ccccc2F)C(=O)/C1=C/c1ccc(-c2cccc([N+](=O)[O-])c2)o1. The van der Waals surface area contributed by atoms with E-state index in [1.54, 1.807) is 12.1 Å². The number of hydrogen-bond donors (Lipinski definition) is 1. The highest BCUT2D eigenvalue weighted by Gasteiger charge is 2.35. The summed E-state index contributed by atoms with van der Waals surface area (Å²) >= 11 is 5.04. The number of nitrogens with zero attached hydrogens (tertiary/aromatic N) is 2. The van der Waals surface area contributed by atoms with Crippen LogP contribution in [0.15, 0.2) is 70.7 Å². The third-order valence-corrected chi connectivity index (χ3v) is 4.73. The first-order valence-electron chi connectivity index (χ1n) is 8.86. The minimum absolute atomic E-state index is 0.0971. The summed E-state index contributed by atoms with van der Waals surface area (Å²) in [5.74, 6) is -1.79. The number of nitro groups is 1. The van der Waals surface area contributed by atoms with Gasteiger partial charge in [-0.1, -0.05) is 24.3 Å². The fraction of sp³-hybridized carbons (Fsp3) is 0. The Morgan fingerprint density at radius 1 is 1.10 bits per heavy atom. The number of nitro benzene ring substituents is 1. The number of nitrogens with one attached hydrogen (secondary N) is 1. The van der Waals surface area contributed by atoms with E-state index < -0.39 is 22.6 Å². The van der Waals surface area contributed by atoms with Crippen LogP contribution in [0, 0.1) is 15.9 Å². The molecule has 1 saturated heterocycles. The van der Waals surface area contributed by atoms with Crippen LogP contribution in [0.3, 0.4) is 0 Å². The maximum absolute atomic E-state index is 14.2. The molecule has 1 N–H and O–H groups in total. The van der Waals surface area contributed by atoms with Crippen molar-refractivity contribution >= 4 is 46.6 Å². The molecule has 0 radical (unpaired) electrons. The first-order valence-corrected chi connectivity index (χ1v) is 9.26. The number of amides is 2. The predicted molar refractivity (Wildman–Crippen MR) is 113 cm³/mol. The van der Waals surface area contributed by atoms with Gasteiger partial charge in [0.1, 0.15) is 22.9 Å². The molecule has 0 spiro atoms. The fourth-order valence-electron chi connectivity index (χ4n) is 3.01. The van der Waals surface area contributed by atoms with Crippen molar-refractivity contribution in [1.82, 2.24) is 5.32 Å². The van der Waals surface area contributed by atoms with Crippen molar-refractivity contribution in [2.75, 3.05) is 4.90 Å². The lowest BCUT2D eigenvalue weighted by Gasteiger charge is -2.28. The van der Waals surface area contributed by atoms with E-state index in [-0.39, 0.29) is 27.8 Å². The molecule has 10 heteroatoms. The number of anilines is 1. The molecule has 2 heterocycles. The molecule has 3 aromatic rings. The molecule has 1 aliphatic heterocycles. The van der Waals surface area contributed by atoms with E-state index in [2.05, 4.69) is 5.32 Å². The summed E-state index contributed by atoms with van der Waals surface area (Å²) in [4.78, 5) is 36.6. The molecular weight excluding hydrogens is 425 g/mol. The number of carbonyl (C=O) groups is 2. The minimum atomic E-state index is -0.813. The standard InChI is InChI=1S/C21H12FN3O5S/c22-16-6-1-2-7-17(16)24-20(27)15(19(26)23-21(24)31)11-14-8-9-18(30-14)12-4-3-5-13(10-12)25(28)29/h1-11H,(H,23,26,31)/b15-11+. The third kappa shape index (κ3) is 3.83. The average Bonchev–Trinajstić information content (AvgIpc) is 3.21. The second-order valence-electron chi connectivity index (χ2n) is 6.42. The Bertz CT molecular complexity index is 1280. The van der Waals surface area contributed by atoms with Crippen LogP contribution < -0.4 is 10.2 Å². The van der Waals surface area contributed by atoms with Crippen LogP contribution >= 0.6 is 12.2 Å². The second kappa shape index (κ2) is 7.92. The highest BCUT2D eigenvalue weighted by molar-refractivity contribution is 7.80. The van der Waals surface area contributed by atoms with Crippen LogP contribution in [0.1, 0.15) is 5.76 Å². The maximum Gasteiger partial charge on any atom is 0.270 e. The molecule has 0 aliphatic carbocycles. The van der Waals surface area contributed by atoms with Gasteiger partial charge in [0.15, 0.2) is 5.11 Å². The average molecular weight is 437 g/mol. The van der Waals surface area contributed by atoms with Crippen LogP contribution in [0.2, 0.25) is 0 Å². The van der Waals surface area contributed by atoms with E-state index in [4.69, 9.17) is 16.6 Å². The molecule has 2 aromatic carbocycles. The lowest BCUT2D eigenvalue weighted by Crippen LogP contribution is -2.54. The predicted octanol–water partition coefficient (Wildman–Crippen LogP) is 3.83. The first-order chi connectivity index (χ1) is 14.8. The Labute approximate surface area is 179 Å². The van der Waals surface area contributed by atoms with E-state index in [0.717, 1.165) is 4.90 Å². The van der Waals surface area contributed by atoms with Crippen molar-refractivity contribution in [1.29, 1.82) is 0 Å². The number of benzene rings is 2. The van der Waals surface area contributed by atoms with Gasteiger partial charge in [0.25, 0.3) is 17.5 Å². The Balaban J connectivity index is 1.68. The highest BCUT2D eigenvalue weighted by atomic mass is 32.1. The maximum atomic E-state index is 14.2. The Morgan fingerprint density at radius 3 is 2.61 bits per heavy atom. The summed E-state index contributed by atoms with van der Waals surface area (Å²) in [6.07, 6.45) is 1.20. The van der Waals surface area contributed by atoms with Gasteiger partial charge < -0.3 is 4.42 Å². The van der Waals surface area contributed by atoms with Gasteiger partial charge in [-0.2, -0.15) is 0 Å². The van der Waals surface area contributed by atoms with Gasteiger partial charge in [0.2, 0.25) is 0 Å². The van der Waals surface area contributed by atoms with Crippen LogP contribution in [-0.4, -0.2) is 21.9 Å². The van der Waals surface area contributed by atoms with Gasteiger partial charge in [-0.3, -0.25) is 25.0 Å². The zero-order chi connectivity index (χ0) is 22.1. The van der Waals surface area contributed by atoms with Crippen molar-refractivity contribution < 1.29 is 23.3 Å². The molecule has 0 atom stereocenters. The largest absolute Gasteiger partial charge is 0.457 e. The summed E-state index contributed by atoms with van der Waals surface area (Å²) in [5, 5.41) is 13.1. The topological polar surface area (TPSA) is 106 Å². The summed E-state index contributed by atoms with van der Waals surface area (Å²) in [6, 6.07) is 14.4. The van der Waals surface area contributed by atoms with Gasteiger partial charge in [-0.15, -0.1) is 0 Å². The molecular formula is C21H12FN3O5S. The zero-order valence-corrected chi connectivity index (χ0v) is 16.4. The number of carbonyl (C=O) groups excluding carboxylic acids is 2. The van der Waals surface area contributed by atoms with Gasteiger partial charge in [0, 0.05) is 17.7 Å². The van der Waals surface area contributed by atoms with E-state index in [0.29, 0.717) is 11.3 Å². The Morgan fingerprint density at radius 2 is 1.87 bits per heavy atom. The van der Waals surface area contributed by atoms with Crippen LogP contribution in [0.25, 0.3) is 17.4 Å². The number of thiocarbonyl (C=S) groups is 1. The quantitative estimate of drug-likeness (QED) is 0.219. The number of rotatable bonds is 4. The molecule has 1 aromatic heterocycles. The lowest BCUT2D eigenvalue weighted by atomic mass is 10.1. The number of hydrogen-bond acceptors (Lipinski definition) is 6. The zero-order valence-electron chi connectivity index (χ0n) is 15.6. The van der Waals surface area contributed by atoms with E-state index in [1.165, 1.54) is 54.6 Å². The smallest absolute Gasteiger partial charge is 0.270 e. The Kier molecular flexibility index (Phi) is 5.14. The van der Waals surface area contributed by atoms with Crippen molar-refractivity contribution in [2.24, 2.45) is 0 Å². The van der Waals surface area contributed by atoms with Crippen LogP contribution in [0.5, 0.6) is 0 Å². The summed E-state index contributed by atoms with van der Waals surface area (Å²) in [6.45, 7) is 0. The fourth-order valence-corrected chi connectivity index (χ4v) is 3.28. The highest BCUT2D eigenvalue weighted by Crippen LogP contribution is 2.28. The monoisotopic (exact) mass is 437 g/mol. The third-order valence-electron chi connectivity index (χ3n) is 4.45. The summed E-state index contributed by atoms with van der Waals surface area (Å²) < 4.78 is 19.8. The summed E-state index contributed by atoms with van der Waals surface area (Å²) in [7, 11) is 0. The van der Waals surface area contributed by atoms with Crippen molar-refractivity contribution in [3.63, 3.8) is 0 Å². The first kappa shape index (κ1) is 20.1. The molecule has 4 rings (SSSR count). The van der Waals surface area contributed by atoms with Crippen LogP contribution in [-0.2, 0) is 9.59 Å². The molecule has 0 bridgehead atoms. The van der Waals surface area contributed by atoms with Crippen molar-refractivity contribution in [3.8, 4) is 11.3 Å². The normalized spacial score (nSPS) is 15.3. The molecule has 0 unspecified atom stereocenters. The number of para-hydroxylation sites is 1. The lowest BCUT2D eigenvalue weighted by molar-refractivity contribution is -0.384. The van der Waals surface area contributed by atoms with Crippen molar-refractivity contribution in [3.05, 3.63) is 87.9 Å².